The Morgan fingerprint density at radius 1 is 1.50 bits per heavy atom. The number of nitrogens with zero attached hydrogens (tertiary/aromatic N) is 1. The molecule has 0 aromatic carbocycles. The average Bonchev–Trinajstić information content (AvgIpc) is 2.87. The zero-order valence-electron chi connectivity index (χ0n) is 8.08. The Morgan fingerprint density at radius 3 is 2.93 bits per heavy atom. The van der Waals surface area contributed by atoms with Crippen LogP contribution >= 0.6 is 12.2 Å². The number of anilines is 1. The van der Waals surface area contributed by atoms with Crippen LogP contribution in [0.1, 0.15) is 18.4 Å². The highest BCUT2D eigenvalue weighted by atomic mass is 32.1. The number of aryl methyl sites for hydroxylation is 1. The molecule has 0 atom stereocenters. The third kappa shape index (κ3) is 2.67. The lowest BCUT2D eigenvalue weighted by Crippen LogP contribution is -2.30. The van der Waals surface area contributed by atoms with Gasteiger partial charge in [-0.1, -0.05) is 0 Å². The number of nitrogens with one attached hydrogen (secondary N) is 2. The molecule has 4 heteroatoms. The highest BCUT2D eigenvalue weighted by Gasteiger charge is 2.21. The van der Waals surface area contributed by atoms with Crippen molar-refractivity contribution in [2.24, 2.45) is 0 Å². The quantitative estimate of drug-likeness (QED) is 0.726. The van der Waals surface area contributed by atoms with Crippen molar-refractivity contribution in [2.45, 2.75) is 25.8 Å². The predicted octanol–water partition coefficient (Wildman–Crippen LogP) is 1.84. The molecule has 1 saturated carbocycles. The van der Waals surface area contributed by atoms with Crippen LogP contribution < -0.4 is 10.6 Å². The van der Waals surface area contributed by atoms with Crippen molar-refractivity contribution < 1.29 is 0 Å². The van der Waals surface area contributed by atoms with E-state index in [0.29, 0.717) is 11.2 Å². The number of thiocarbonyl (C=S) groups is 1. The molecule has 1 aliphatic carbocycles. The number of pyridine rings is 1. The lowest BCUT2D eigenvalue weighted by Gasteiger charge is -2.09. The van der Waals surface area contributed by atoms with E-state index in [0.717, 1.165) is 11.3 Å². The molecule has 0 radical (unpaired) electrons. The SMILES string of the molecule is Cc1cncc(NC(=S)NC2CC2)c1. The second kappa shape index (κ2) is 3.92. The van der Waals surface area contributed by atoms with Gasteiger partial charge in [-0.15, -0.1) is 0 Å². The molecular weight excluding hydrogens is 194 g/mol. The van der Waals surface area contributed by atoms with Crippen molar-refractivity contribution in [3.63, 3.8) is 0 Å². The Balaban J connectivity index is 1.92. The predicted molar refractivity (Wildman–Crippen MR) is 61.4 cm³/mol. The Kier molecular flexibility index (Phi) is 2.63. The summed E-state index contributed by atoms with van der Waals surface area (Å²) in [5, 5.41) is 7.02. The first-order valence-electron chi connectivity index (χ1n) is 4.73. The fraction of sp³-hybridized carbons (Fsp3) is 0.400. The summed E-state index contributed by atoms with van der Waals surface area (Å²) in [6.45, 7) is 2.01. The summed E-state index contributed by atoms with van der Waals surface area (Å²) >= 11 is 5.15. The maximum absolute atomic E-state index is 5.15. The maximum atomic E-state index is 5.15. The van der Waals surface area contributed by atoms with Gasteiger partial charge in [0.05, 0.1) is 11.9 Å². The Morgan fingerprint density at radius 2 is 2.29 bits per heavy atom. The average molecular weight is 207 g/mol. The van der Waals surface area contributed by atoms with Crippen molar-refractivity contribution in [1.29, 1.82) is 0 Å². The summed E-state index contributed by atoms with van der Waals surface area (Å²) in [5.74, 6) is 0. The van der Waals surface area contributed by atoms with Crippen LogP contribution in [0.2, 0.25) is 0 Å². The number of hydrogen-bond acceptors (Lipinski definition) is 2. The molecule has 1 aromatic rings. The van der Waals surface area contributed by atoms with Gasteiger partial charge < -0.3 is 10.6 Å². The normalized spacial score (nSPS) is 14.9. The van der Waals surface area contributed by atoms with Gasteiger partial charge in [0.25, 0.3) is 0 Å². The minimum Gasteiger partial charge on any atom is -0.360 e. The summed E-state index contributed by atoms with van der Waals surface area (Å²) < 4.78 is 0. The van der Waals surface area contributed by atoms with Crippen LogP contribution in [0.25, 0.3) is 0 Å². The van der Waals surface area contributed by atoms with Gasteiger partial charge in [0, 0.05) is 12.2 Å². The van der Waals surface area contributed by atoms with Gasteiger partial charge in [0.1, 0.15) is 0 Å². The topological polar surface area (TPSA) is 37.0 Å². The van der Waals surface area contributed by atoms with Gasteiger partial charge >= 0.3 is 0 Å². The van der Waals surface area contributed by atoms with Crippen molar-refractivity contribution >= 4 is 23.0 Å². The van der Waals surface area contributed by atoms with Crippen LogP contribution in [0.5, 0.6) is 0 Å². The summed E-state index contributed by atoms with van der Waals surface area (Å²) in [5.41, 5.74) is 2.08. The molecule has 0 amide bonds. The molecule has 3 nitrogen and oxygen atoms in total. The summed E-state index contributed by atoms with van der Waals surface area (Å²) in [7, 11) is 0. The summed E-state index contributed by atoms with van der Waals surface area (Å²) in [6, 6.07) is 2.61. The molecule has 0 unspecified atom stereocenters. The van der Waals surface area contributed by atoms with Crippen LogP contribution in [0.3, 0.4) is 0 Å². The monoisotopic (exact) mass is 207 g/mol. The largest absolute Gasteiger partial charge is 0.360 e. The van der Waals surface area contributed by atoms with E-state index in [1.54, 1.807) is 6.20 Å². The Hall–Kier alpha value is -1.16. The van der Waals surface area contributed by atoms with Gasteiger partial charge in [-0.25, -0.2) is 0 Å². The lowest BCUT2D eigenvalue weighted by molar-refractivity contribution is 0.919. The number of rotatable bonds is 2. The second-order valence-electron chi connectivity index (χ2n) is 3.62. The first-order valence-corrected chi connectivity index (χ1v) is 5.14. The molecule has 0 saturated heterocycles. The molecule has 1 heterocycles. The van der Waals surface area contributed by atoms with Crippen molar-refractivity contribution in [1.82, 2.24) is 10.3 Å². The zero-order chi connectivity index (χ0) is 9.97. The fourth-order valence-electron chi connectivity index (χ4n) is 1.20. The number of hydrogen-bond donors (Lipinski definition) is 2. The molecule has 0 spiro atoms. The van der Waals surface area contributed by atoms with E-state index in [4.69, 9.17) is 12.2 Å². The Bertz CT molecular complexity index is 347. The van der Waals surface area contributed by atoms with Crippen LogP contribution in [0.15, 0.2) is 18.5 Å². The van der Waals surface area contributed by atoms with E-state index in [1.165, 1.54) is 12.8 Å². The summed E-state index contributed by atoms with van der Waals surface area (Å²) in [4.78, 5) is 4.08. The van der Waals surface area contributed by atoms with E-state index < -0.39 is 0 Å². The van der Waals surface area contributed by atoms with Crippen molar-refractivity contribution in [3.05, 3.63) is 24.0 Å². The third-order valence-corrected chi connectivity index (χ3v) is 2.27. The first kappa shape index (κ1) is 9.40. The second-order valence-corrected chi connectivity index (χ2v) is 4.03. The lowest BCUT2D eigenvalue weighted by atomic mass is 10.3. The molecule has 1 aromatic heterocycles. The van der Waals surface area contributed by atoms with Gasteiger partial charge in [-0.2, -0.15) is 0 Å². The molecule has 1 fully saturated rings. The maximum Gasteiger partial charge on any atom is 0.171 e. The zero-order valence-corrected chi connectivity index (χ0v) is 8.90. The van der Waals surface area contributed by atoms with Gasteiger partial charge in [-0.05, 0) is 43.6 Å². The van der Waals surface area contributed by atoms with E-state index in [2.05, 4.69) is 15.6 Å². The molecule has 0 bridgehead atoms. The van der Waals surface area contributed by atoms with Gasteiger partial charge in [0.15, 0.2) is 5.11 Å². The van der Waals surface area contributed by atoms with E-state index in [-0.39, 0.29) is 0 Å². The smallest absolute Gasteiger partial charge is 0.171 e. The van der Waals surface area contributed by atoms with E-state index >= 15 is 0 Å². The molecule has 74 valence electrons. The highest BCUT2D eigenvalue weighted by Crippen LogP contribution is 2.18. The van der Waals surface area contributed by atoms with E-state index in [9.17, 15) is 0 Å². The molecule has 1 aliphatic rings. The van der Waals surface area contributed by atoms with Crippen LogP contribution in [0, 0.1) is 6.92 Å². The summed E-state index contributed by atoms with van der Waals surface area (Å²) in [6.07, 6.45) is 6.05. The molecular formula is C10H13N3S. The van der Waals surface area contributed by atoms with Gasteiger partial charge in [-0.3, -0.25) is 4.98 Å². The third-order valence-electron chi connectivity index (χ3n) is 2.05. The molecule has 0 aliphatic heterocycles. The minimum atomic E-state index is 0.591. The molecule has 2 rings (SSSR count). The first-order chi connectivity index (χ1) is 6.74. The highest BCUT2D eigenvalue weighted by molar-refractivity contribution is 7.80. The molecule has 2 N–H and O–H groups in total. The van der Waals surface area contributed by atoms with Gasteiger partial charge in [0.2, 0.25) is 0 Å². The van der Waals surface area contributed by atoms with Crippen LogP contribution in [0.4, 0.5) is 5.69 Å². The molecule has 14 heavy (non-hydrogen) atoms. The minimum absolute atomic E-state index is 0.591. The standard InChI is InChI=1S/C10H13N3S/c1-7-4-9(6-11-5-7)13-10(14)12-8-2-3-8/h4-6,8H,2-3H2,1H3,(H2,12,13,14). The van der Waals surface area contributed by atoms with E-state index in [1.807, 2.05) is 19.2 Å². The Labute approximate surface area is 88.9 Å². The van der Waals surface area contributed by atoms with Crippen LogP contribution in [-0.4, -0.2) is 16.1 Å². The van der Waals surface area contributed by atoms with Crippen LogP contribution in [-0.2, 0) is 0 Å². The number of aromatic nitrogens is 1. The van der Waals surface area contributed by atoms with Crippen molar-refractivity contribution in [2.75, 3.05) is 5.32 Å². The van der Waals surface area contributed by atoms with Crippen molar-refractivity contribution in [3.8, 4) is 0 Å². The fourth-order valence-corrected chi connectivity index (χ4v) is 1.49.